The molecule has 0 unspecified atom stereocenters. The fourth-order valence-electron chi connectivity index (χ4n) is 3.54. The second-order valence-corrected chi connectivity index (χ2v) is 9.33. The summed E-state index contributed by atoms with van der Waals surface area (Å²) in [5.74, 6) is 1.36. The lowest BCUT2D eigenvalue weighted by molar-refractivity contribution is -0.116. The number of rotatable bonds is 10. The number of methoxy groups -OCH3 is 1. The molecule has 0 saturated heterocycles. The van der Waals surface area contributed by atoms with Gasteiger partial charge in [0.2, 0.25) is 0 Å². The largest absolute Gasteiger partial charge is 0.493 e. The normalized spacial score (nSPS) is 13.5. The van der Waals surface area contributed by atoms with Gasteiger partial charge in [0.15, 0.2) is 17.3 Å². The molecule has 0 N–H and O–H groups in total. The minimum Gasteiger partial charge on any atom is -0.493 e. The van der Waals surface area contributed by atoms with E-state index >= 15 is 0 Å². The molecule has 4 rings (SSSR count). The van der Waals surface area contributed by atoms with E-state index < -0.39 is 10.1 Å². The summed E-state index contributed by atoms with van der Waals surface area (Å²) in [6.07, 6.45) is 2.70. The molecule has 0 aromatic heterocycles. The molecule has 0 saturated carbocycles. The smallest absolute Gasteiger partial charge is 0.294 e. The SMILES string of the molecule is COc1cc(N2CC=C(Oc3ccc(-c4ccccc4)cc3)C2=O)ccc1OCCOS(C)(=O)=O. The van der Waals surface area contributed by atoms with Crippen molar-refractivity contribution in [2.45, 2.75) is 0 Å². The van der Waals surface area contributed by atoms with Gasteiger partial charge in [-0.25, -0.2) is 0 Å². The molecule has 9 heteroatoms. The summed E-state index contributed by atoms with van der Waals surface area (Å²) in [5.41, 5.74) is 2.77. The Bertz CT molecular complexity index is 1320. The highest BCUT2D eigenvalue weighted by atomic mass is 32.2. The Morgan fingerprint density at radius 2 is 1.60 bits per heavy atom. The number of hydrogen-bond donors (Lipinski definition) is 0. The van der Waals surface area contributed by atoms with E-state index in [4.69, 9.17) is 14.2 Å². The summed E-state index contributed by atoms with van der Waals surface area (Å²) < 4.78 is 43.6. The summed E-state index contributed by atoms with van der Waals surface area (Å²) in [6, 6.07) is 22.6. The Kier molecular flexibility index (Phi) is 7.38. The van der Waals surface area contributed by atoms with Crippen LogP contribution in [0.3, 0.4) is 0 Å². The molecule has 1 aliphatic rings. The van der Waals surface area contributed by atoms with Crippen molar-refractivity contribution in [3.05, 3.63) is 84.6 Å². The average molecular weight is 496 g/mol. The predicted molar refractivity (Wildman–Crippen MR) is 132 cm³/mol. The van der Waals surface area contributed by atoms with Gasteiger partial charge < -0.3 is 19.1 Å². The molecule has 1 aliphatic heterocycles. The Labute approximate surface area is 204 Å². The van der Waals surface area contributed by atoms with Crippen molar-refractivity contribution in [3.8, 4) is 28.4 Å². The highest BCUT2D eigenvalue weighted by molar-refractivity contribution is 7.85. The molecule has 0 fully saturated rings. The molecule has 1 heterocycles. The van der Waals surface area contributed by atoms with Gasteiger partial charge in [-0.15, -0.1) is 0 Å². The van der Waals surface area contributed by atoms with Crippen LogP contribution in [0.2, 0.25) is 0 Å². The van der Waals surface area contributed by atoms with Crippen LogP contribution < -0.4 is 19.1 Å². The predicted octanol–water partition coefficient (Wildman–Crippen LogP) is 4.03. The van der Waals surface area contributed by atoms with Gasteiger partial charge in [0.05, 0.1) is 13.4 Å². The van der Waals surface area contributed by atoms with Crippen LogP contribution in [0.25, 0.3) is 11.1 Å². The van der Waals surface area contributed by atoms with Crippen LogP contribution in [0.4, 0.5) is 5.69 Å². The average Bonchev–Trinajstić information content (AvgIpc) is 3.22. The third-order valence-electron chi connectivity index (χ3n) is 5.20. The van der Waals surface area contributed by atoms with E-state index in [1.807, 2.05) is 54.6 Å². The quantitative estimate of drug-likeness (QED) is 0.310. The van der Waals surface area contributed by atoms with Crippen LogP contribution in [0.15, 0.2) is 84.6 Å². The van der Waals surface area contributed by atoms with Crippen molar-refractivity contribution < 1.29 is 31.6 Å². The number of anilines is 1. The highest BCUT2D eigenvalue weighted by Crippen LogP contribution is 2.34. The van der Waals surface area contributed by atoms with E-state index in [9.17, 15) is 13.2 Å². The lowest BCUT2D eigenvalue weighted by atomic mass is 10.1. The number of benzene rings is 3. The maximum absolute atomic E-state index is 13.0. The maximum Gasteiger partial charge on any atom is 0.294 e. The number of amides is 1. The zero-order chi connectivity index (χ0) is 24.8. The molecule has 0 radical (unpaired) electrons. The van der Waals surface area contributed by atoms with Crippen molar-refractivity contribution in [1.82, 2.24) is 0 Å². The van der Waals surface area contributed by atoms with E-state index in [0.29, 0.717) is 29.5 Å². The van der Waals surface area contributed by atoms with E-state index in [0.717, 1.165) is 17.4 Å². The molecule has 0 atom stereocenters. The van der Waals surface area contributed by atoms with Gasteiger partial charge in [0, 0.05) is 18.3 Å². The molecule has 8 nitrogen and oxygen atoms in total. The van der Waals surface area contributed by atoms with Gasteiger partial charge in [0.1, 0.15) is 19.0 Å². The Balaban J connectivity index is 1.38. The van der Waals surface area contributed by atoms with Crippen LogP contribution in [0, 0.1) is 0 Å². The topological polar surface area (TPSA) is 91.4 Å². The van der Waals surface area contributed by atoms with Crippen molar-refractivity contribution >= 4 is 21.7 Å². The molecule has 3 aromatic carbocycles. The summed E-state index contributed by atoms with van der Waals surface area (Å²) in [7, 11) is -2.05. The van der Waals surface area contributed by atoms with Crippen molar-refractivity contribution in [1.29, 1.82) is 0 Å². The number of nitrogens with zero attached hydrogens (tertiary/aromatic N) is 1. The zero-order valence-electron chi connectivity index (χ0n) is 19.3. The second-order valence-electron chi connectivity index (χ2n) is 7.69. The molecule has 3 aromatic rings. The van der Waals surface area contributed by atoms with E-state index in [2.05, 4.69) is 4.18 Å². The minimum atomic E-state index is -3.53. The molecule has 35 heavy (non-hydrogen) atoms. The molecular weight excluding hydrogens is 470 g/mol. The van der Waals surface area contributed by atoms with Crippen LogP contribution in [0.1, 0.15) is 0 Å². The minimum absolute atomic E-state index is 0.0219. The van der Waals surface area contributed by atoms with Gasteiger partial charge in [-0.05, 0) is 41.5 Å². The first kappa shape index (κ1) is 24.3. The number of carbonyl (C=O) groups excluding carboxylic acids is 1. The molecule has 0 bridgehead atoms. The molecule has 182 valence electrons. The second kappa shape index (κ2) is 10.6. The van der Waals surface area contributed by atoms with Gasteiger partial charge in [-0.2, -0.15) is 8.42 Å². The summed E-state index contributed by atoms with van der Waals surface area (Å²) in [6.45, 7) is 0.251. The Hall–Kier alpha value is -3.82. The lowest BCUT2D eigenvalue weighted by Crippen LogP contribution is -2.27. The van der Waals surface area contributed by atoms with E-state index in [1.165, 1.54) is 7.11 Å². The first-order valence-corrected chi connectivity index (χ1v) is 12.7. The number of hydrogen-bond acceptors (Lipinski definition) is 7. The van der Waals surface area contributed by atoms with Crippen LogP contribution in [-0.2, 0) is 19.1 Å². The van der Waals surface area contributed by atoms with Crippen molar-refractivity contribution in [2.75, 3.05) is 38.0 Å². The van der Waals surface area contributed by atoms with Gasteiger partial charge in [-0.3, -0.25) is 8.98 Å². The first-order chi connectivity index (χ1) is 16.8. The third-order valence-corrected chi connectivity index (χ3v) is 5.80. The third kappa shape index (κ3) is 6.20. The lowest BCUT2D eigenvalue weighted by Gasteiger charge is -2.19. The van der Waals surface area contributed by atoms with Crippen LogP contribution >= 0.6 is 0 Å². The van der Waals surface area contributed by atoms with Crippen molar-refractivity contribution in [2.24, 2.45) is 0 Å². The monoisotopic (exact) mass is 495 g/mol. The maximum atomic E-state index is 13.0. The molecule has 1 amide bonds. The molecule has 0 aliphatic carbocycles. The van der Waals surface area contributed by atoms with Crippen LogP contribution in [0.5, 0.6) is 17.2 Å². The number of carbonyl (C=O) groups is 1. The highest BCUT2D eigenvalue weighted by Gasteiger charge is 2.28. The fourth-order valence-corrected chi connectivity index (χ4v) is 3.91. The summed E-state index contributed by atoms with van der Waals surface area (Å²) >= 11 is 0. The summed E-state index contributed by atoms with van der Waals surface area (Å²) in [5, 5.41) is 0. The van der Waals surface area contributed by atoms with E-state index in [-0.39, 0.29) is 24.9 Å². The fraction of sp³-hybridized carbons (Fsp3) is 0.192. The van der Waals surface area contributed by atoms with Crippen LogP contribution in [-0.4, -0.2) is 47.4 Å². The van der Waals surface area contributed by atoms with Gasteiger partial charge in [-0.1, -0.05) is 42.5 Å². The molecular formula is C26H25NO7S. The van der Waals surface area contributed by atoms with Gasteiger partial charge in [0.25, 0.3) is 16.0 Å². The van der Waals surface area contributed by atoms with Crippen molar-refractivity contribution in [3.63, 3.8) is 0 Å². The Morgan fingerprint density at radius 1 is 0.886 bits per heavy atom. The molecule has 0 spiro atoms. The number of ether oxygens (including phenoxy) is 3. The van der Waals surface area contributed by atoms with E-state index in [1.54, 1.807) is 29.2 Å². The zero-order valence-corrected chi connectivity index (χ0v) is 20.2. The standard InChI is InChI=1S/C26H25NO7S/c1-31-25-18-21(10-13-23(25)32-16-17-33-35(2,29)30)27-15-14-24(26(27)28)34-22-11-8-20(9-12-22)19-6-4-3-5-7-19/h3-14,18H,15-17H2,1-2H3. The first-order valence-electron chi connectivity index (χ1n) is 10.8. The van der Waals surface area contributed by atoms with Gasteiger partial charge >= 0.3 is 0 Å². The Morgan fingerprint density at radius 3 is 2.29 bits per heavy atom. The summed E-state index contributed by atoms with van der Waals surface area (Å²) in [4.78, 5) is 14.5.